The van der Waals surface area contributed by atoms with Crippen LogP contribution in [0.1, 0.15) is 19.9 Å². The van der Waals surface area contributed by atoms with Gasteiger partial charge in [-0.3, -0.25) is 4.79 Å². The van der Waals surface area contributed by atoms with Crippen LogP contribution in [0.25, 0.3) is 11.3 Å². The maximum atomic E-state index is 12.0. The molecular weight excluding hydrogens is 302 g/mol. The Bertz CT molecular complexity index is 695. The van der Waals surface area contributed by atoms with Gasteiger partial charge in [0.15, 0.2) is 0 Å². The summed E-state index contributed by atoms with van der Waals surface area (Å²) in [5.41, 5.74) is 1.15. The quantitative estimate of drug-likeness (QED) is 0.830. The Morgan fingerprint density at radius 1 is 1.23 bits per heavy atom. The number of aldehydes is 1. The van der Waals surface area contributed by atoms with Crippen molar-refractivity contribution in [2.45, 2.75) is 25.9 Å². The fourth-order valence-corrected chi connectivity index (χ4v) is 2.11. The molecule has 2 aromatic rings. The molecule has 0 spiro atoms. The van der Waals surface area contributed by atoms with Crippen molar-refractivity contribution in [3.63, 3.8) is 0 Å². The summed E-state index contributed by atoms with van der Waals surface area (Å²) in [6.07, 6.45) is 0.732. The molecule has 5 nitrogen and oxygen atoms in total. The average Bonchev–Trinajstić information content (AvgIpc) is 2.50. The molecule has 0 aliphatic rings. The van der Waals surface area contributed by atoms with Crippen LogP contribution in [0.15, 0.2) is 41.2 Å². The fraction of sp³-hybridized carbons (Fsp3) is 0.312. The third-order valence-corrected chi connectivity index (χ3v) is 3.42. The predicted octanol–water partition coefficient (Wildman–Crippen LogP) is 2.30. The lowest BCUT2D eigenvalue weighted by molar-refractivity contribution is -0.110. The van der Waals surface area contributed by atoms with Crippen molar-refractivity contribution in [3.05, 3.63) is 51.8 Å². The number of hydrogen-bond donors (Lipinski definition) is 1. The summed E-state index contributed by atoms with van der Waals surface area (Å²) in [6, 6.07) is 9.79. The Morgan fingerprint density at radius 2 is 1.91 bits per heavy atom. The number of nitrogens with one attached hydrogen (secondary N) is 1. The van der Waals surface area contributed by atoms with Crippen molar-refractivity contribution < 1.29 is 4.79 Å². The van der Waals surface area contributed by atoms with Gasteiger partial charge in [0.25, 0.3) is 5.56 Å². The van der Waals surface area contributed by atoms with E-state index in [1.807, 2.05) is 26.0 Å². The van der Waals surface area contributed by atoms with Crippen LogP contribution in [0.3, 0.4) is 0 Å². The zero-order valence-electron chi connectivity index (χ0n) is 12.5. The smallest absolute Gasteiger partial charge is 0.267 e. The van der Waals surface area contributed by atoms with Gasteiger partial charge in [-0.15, -0.1) is 0 Å². The molecule has 0 aliphatic carbocycles. The summed E-state index contributed by atoms with van der Waals surface area (Å²) in [7, 11) is 0. The second-order valence-corrected chi connectivity index (χ2v) is 5.71. The molecule has 22 heavy (non-hydrogen) atoms. The highest BCUT2D eigenvalue weighted by Crippen LogP contribution is 2.18. The van der Waals surface area contributed by atoms with Crippen LogP contribution < -0.4 is 10.9 Å². The van der Waals surface area contributed by atoms with E-state index in [9.17, 15) is 9.59 Å². The van der Waals surface area contributed by atoms with Crippen LogP contribution in [0.2, 0.25) is 5.02 Å². The van der Waals surface area contributed by atoms with E-state index in [0.717, 1.165) is 11.8 Å². The molecular formula is C16H18ClN3O2. The fourth-order valence-electron chi connectivity index (χ4n) is 1.99. The van der Waals surface area contributed by atoms with Crippen LogP contribution in [-0.4, -0.2) is 28.7 Å². The molecule has 2 rings (SSSR count). The number of halogens is 1. The lowest BCUT2D eigenvalue weighted by atomic mass is 10.1. The van der Waals surface area contributed by atoms with Gasteiger partial charge in [-0.25, -0.2) is 4.68 Å². The first kappa shape index (κ1) is 16.4. The van der Waals surface area contributed by atoms with E-state index in [1.165, 1.54) is 10.7 Å². The topological polar surface area (TPSA) is 64.0 Å². The molecule has 1 aromatic heterocycles. The van der Waals surface area contributed by atoms with Crippen molar-refractivity contribution >= 4 is 17.9 Å². The van der Waals surface area contributed by atoms with E-state index in [2.05, 4.69) is 10.4 Å². The highest BCUT2D eigenvalue weighted by atomic mass is 35.5. The summed E-state index contributed by atoms with van der Waals surface area (Å²) in [5.74, 6) is 0. The molecule has 0 bridgehead atoms. The van der Waals surface area contributed by atoms with E-state index < -0.39 is 6.04 Å². The van der Waals surface area contributed by atoms with Gasteiger partial charge in [0, 0.05) is 29.2 Å². The number of aromatic nitrogens is 2. The number of carbonyl (C=O) groups excluding carboxylic acids is 1. The summed E-state index contributed by atoms with van der Waals surface area (Å²) in [4.78, 5) is 23.3. The maximum Gasteiger partial charge on any atom is 0.267 e. The van der Waals surface area contributed by atoms with Crippen LogP contribution in [0.5, 0.6) is 0 Å². The standard InChI is InChI=1S/C16H18ClN3O2/c1-11(2)18-9-14(10-21)20-16(22)8-7-15(19-20)12-3-5-13(17)6-4-12/h3-8,10-11,14,18H,9H2,1-2H3. The van der Waals surface area contributed by atoms with Crippen molar-refractivity contribution in [1.82, 2.24) is 15.1 Å². The first-order valence-corrected chi connectivity index (χ1v) is 7.43. The van der Waals surface area contributed by atoms with Crippen molar-refractivity contribution in [2.24, 2.45) is 0 Å². The maximum absolute atomic E-state index is 12.0. The van der Waals surface area contributed by atoms with Gasteiger partial charge in [0.05, 0.1) is 5.69 Å². The van der Waals surface area contributed by atoms with Gasteiger partial charge in [0.2, 0.25) is 0 Å². The number of nitrogens with zero attached hydrogens (tertiary/aromatic N) is 2. The highest BCUT2D eigenvalue weighted by molar-refractivity contribution is 6.30. The van der Waals surface area contributed by atoms with Gasteiger partial charge in [-0.2, -0.15) is 5.10 Å². The van der Waals surface area contributed by atoms with E-state index in [0.29, 0.717) is 17.3 Å². The summed E-state index contributed by atoms with van der Waals surface area (Å²) < 4.78 is 1.21. The van der Waals surface area contributed by atoms with Crippen LogP contribution in [0, 0.1) is 0 Å². The second-order valence-electron chi connectivity index (χ2n) is 5.27. The van der Waals surface area contributed by atoms with E-state index in [4.69, 9.17) is 11.6 Å². The summed E-state index contributed by atoms with van der Waals surface area (Å²) >= 11 is 5.87. The monoisotopic (exact) mass is 319 g/mol. The molecule has 1 heterocycles. The summed E-state index contributed by atoms with van der Waals surface area (Å²) in [6.45, 7) is 4.31. The Labute approximate surface area is 133 Å². The van der Waals surface area contributed by atoms with Gasteiger partial charge in [-0.05, 0) is 18.2 Å². The van der Waals surface area contributed by atoms with Gasteiger partial charge >= 0.3 is 0 Å². The molecule has 1 unspecified atom stereocenters. The molecule has 1 atom stereocenters. The highest BCUT2D eigenvalue weighted by Gasteiger charge is 2.14. The number of rotatable bonds is 6. The van der Waals surface area contributed by atoms with Gasteiger partial charge in [-0.1, -0.05) is 37.6 Å². The molecule has 0 amide bonds. The molecule has 0 saturated carbocycles. The van der Waals surface area contributed by atoms with Gasteiger partial charge in [0.1, 0.15) is 12.3 Å². The largest absolute Gasteiger partial charge is 0.312 e. The van der Waals surface area contributed by atoms with Crippen LogP contribution in [0.4, 0.5) is 0 Å². The normalized spacial score (nSPS) is 12.4. The number of carbonyl (C=O) groups is 1. The Hall–Kier alpha value is -1.98. The van der Waals surface area contributed by atoms with Crippen molar-refractivity contribution in [1.29, 1.82) is 0 Å². The Morgan fingerprint density at radius 3 is 2.50 bits per heavy atom. The number of benzene rings is 1. The zero-order chi connectivity index (χ0) is 16.1. The predicted molar refractivity (Wildman–Crippen MR) is 87.2 cm³/mol. The van der Waals surface area contributed by atoms with E-state index in [-0.39, 0.29) is 11.6 Å². The lowest BCUT2D eigenvalue weighted by Gasteiger charge is -2.16. The van der Waals surface area contributed by atoms with E-state index in [1.54, 1.807) is 18.2 Å². The van der Waals surface area contributed by atoms with Gasteiger partial charge < -0.3 is 10.1 Å². The first-order valence-electron chi connectivity index (χ1n) is 7.05. The molecule has 0 aliphatic heterocycles. The minimum absolute atomic E-state index is 0.220. The zero-order valence-corrected chi connectivity index (χ0v) is 13.2. The Balaban J connectivity index is 2.35. The summed E-state index contributed by atoms with van der Waals surface area (Å²) in [5, 5.41) is 8.08. The molecule has 1 aromatic carbocycles. The molecule has 0 fully saturated rings. The third-order valence-electron chi connectivity index (χ3n) is 3.17. The molecule has 1 N–H and O–H groups in total. The van der Waals surface area contributed by atoms with Crippen LogP contribution >= 0.6 is 11.6 Å². The minimum atomic E-state index is -0.637. The second kappa shape index (κ2) is 7.33. The molecule has 116 valence electrons. The Kier molecular flexibility index (Phi) is 5.46. The third kappa shape index (κ3) is 4.02. The van der Waals surface area contributed by atoms with Crippen molar-refractivity contribution in [3.8, 4) is 11.3 Å². The SMILES string of the molecule is CC(C)NCC(C=O)n1nc(-c2ccc(Cl)cc2)ccc1=O. The molecule has 6 heteroatoms. The lowest BCUT2D eigenvalue weighted by Crippen LogP contribution is -2.36. The van der Waals surface area contributed by atoms with E-state index >= 15 is 0 Å². The minimum Gasteiger partial charge on any atom is -0.312 e. The average molecular weight is 320 g/mol. The first-order chi connectivity index (χ1) is 10.5. The molecule has 0 saturated heterocycles. The molecule has 0 radical (unpaired) electrons. The van der Waals surface area contributed by atoms with Crippen molar-refractivity contribution in [2.75, 3.05) is 6.54 Å². The van der Waals surface area contributed by atoms with Crippen LogP contribution in [-0.2, 0) is 4.79 Å². The number of hydrogen-bond acceptors (Lipinski definition) is 4.